The maximum atomic E-state index is 12.0. The first-order chi connectivity index (χ1) is 9.60. The molecule has 1 unspecified atom stereocenters. The number of nitrogens with one attached hydrogen (secondary N) is 1. The molecule has 0 aromatic carbocycles. The van der Waals surface area contributed by atoms with E-state index in [-0.39, 0.29) is 11.9 Å². The van der Waals surface area contributed by atoms with Gasteiger partial charge in [0, 0.05) is 37.6 Å². The average molecular weight is 282 g/mol. The van der Waals surface area contributed by atoms with Crippen molar-refractivity contribution in [2.75, 3.05) is 26.4 Å². The standard InChI is InChI=1S/C15H26N2O3/c1-4-20-15(18)13(9-16)14(17-10-11(2)3)12-5-7-19-8-6-12/h9,11-13,16H,4-8,10H2,1-3H3. The first-order valence-corrected chi connectivity index (χ1v) is 7.39. The third kappa shape index (κ3) is 5.04. The maximum Gasteiger partial charge on any atom is 0.320 e. The first-order valence-electron chi connectivity index (χ1n) is 7.39. The highest BCUT2D eigenvalue weighted by atomic mass is 16.5. The van der Waals surface area contributed by atoms with E-state index >= 15 is 0 Å². The summed E-state index contributed by atoms with van der Waals surface area (Å²) < 4.78 is 10.4. The van der Waals surface area contributed by atoms with Crippen molar-refractivity contribution in [1.82, 2.24) is 0 Å². The van der Waals surface area contributed by atoms with Crippen LogP contribution in [-0.2, 0) is 14.3 Å². The number of carbonyl (C=O) groups excluding carboxylic acids is 1. The molecule has 1 atom stereocenters. The first kappa shape index (κ1) is 16.8. The third-order valence-corrected chi connectivity index (χ3v) is 3.30. The Morgan fingerprint density at radius 1 is 1.45 bits per heavy atom. The second-order valence-corrected chi connectivity index (χ2v) is 5.44. The summed E-state index contributed by atoms with van der Waals surface area (Å²) in [5.74, 6) is -0.356. The Kier molecular flexibility index (Phi) is 7.44. The second kappa shape index (κ2) is 8.84. The summed E-state index contributed by atoms with van der Waals surface area (Å²) in [7, 11) is 0. The highest BCUT2D eigenvalue weighted by Gasteiger charge is 2.30. The lowest BCUT2D eigenvalue weighted by atomic mass is 9.86. The predicted molar refractivity (Wildman–Crippen MR) is 79.6 cm³/mol. The monoisotopic (exact) mass is 282 g/mol. The molecule has 0 aliphatic carbocycles. The Bertz CT molecular complexity index is 347. The van der Waals surface area contributed by atoms with E-state index in [2.05, 4.69) is 18.8 Å². The van der Waals surface area contributed by atoms with Crippen LogP contribution in [0.5, 0.6) is 0 Å². The van der Waals surface area contributed by atoms with Crippen LogP contribution in [0.2, 0.25) is 0 Å². The molecule has 1 aliphatic rings. The number of esters is 1. The largest absolute Gasteiger partial charge is 0.465 e. The van der Waals surface area contributed by atoms with Gasteiger partial charge in [0.15, 0.2) is 0 Å². The fraction of sp³-hybridized carbons (Fsp3) is 0.800. The minimum atomic E-state index is -0.642. The van der Waals surface area contributed by atoms with Gasteiger partial charge < -0.3 is 14.9 Å². The number of hydrogen-bond donors (Lipinski definition) is 1. The number of aliphatic imine (C=N–C) groups is 1. The van der Waals surface area contributed by atoms with Crippen molar-refractivity contribution in [1.29, 1.82) is 5.41 Å². The third-order valence-electron chi connectivity index (χ3n) is 3.30. The van der Waals surface area contributed by atoms with Crippen molar-refractivity contribution < 1.29 is 14.3 Å². The fourth-order valence-corrected chi connectivity index (χ4v) is 2.27. The Morgan fingerprint density at radius 3 is 2.60 bits per heavy atom. The van der Waals surface area contributed by atoms with Crippen LogP contribution in [0.1, 0.15) is 33.6 Å². The van der Waals surface area contributed by atoms with Gasteiger partial charge >= 0.3 is 5.97 Å². The van der Waals surface area contributed by atoms with Gasteiger partial charge in [-0.1, -0.05) is 13.8 Å². The molecule has 0 radical (unpaired) electrons. The summed E-state index contributed by atoms with van der Waals surface area (Å²) >= 11 is 0. The van der Waals surface area contributed by atoms with E-state index in [0.717, 1.165) is 24.8 Å². The topological polar surface area (TPSA) is 71.7 Å². The molecule has 0 amide bonds. The molecule has 1 saturated heterocycles. The van der Waals surface area contributed by atoms with Gasteiger partial charge in [0.05, 0.1) is 6.61 Å². The summed E-state index contributed by atoms with van der Waals surface area (Å²) in [5, 5.41) is 7.57. The van der Waals surface area contributed by atoms with E-state index in [0.29, 0.717) is 32.3 Å². The zero-order valence-corrected chi connectivity index (χ0v) is 12.7. The van der Waals surface area contributed by atoms with Gasteiger partial charge in [-0.2, -0.15) is 0 Å². The minimum Gasteiger partial charge on any atom is -0.465 e. The molecule has 0 bridgehead atoms. The van der Waals surface area contributed by atoms with Crippen molar-refractivity contribution in [3.05, 3.63) is 0 Å². The summed E-state index contributed by atoms with van der Waals surface area (Å²) in [6, 6.07) is 0. The molecule has 1 aliphatic heterocycles. The van der Waals surface area contributed by atoms with Gasteiger partial charge in [0.2, 0.25) is 0 Å². The molecular weight excluding hydrogens is 256 g/mol. The number of carbonyl (C=O) groups is 1. The molecule has 0 saturated carbocycles. The predicted octanol–water partition coefficient (Wildman–Crippen LogP) is 2.34. The Morgan fingerprint density at radius 2 is 2.10 bits per heavy atom. The van der Waals surface area contributed by atoms with Gasteiger partial charge in [-0.25, -0.2) is 0 Å². The maximum absolute atomic E-state index is 12.0. The zero-order chi connectivity index (χ0) is 15.0. The highest BCUT2D eigenvalue weighted by Crippen LogP contribution is 2.22. The van der Waals surface area contributed by atoms with Crippen LogP contribution in [-0.4, -0.2) is 44.3 Å². The van der Waals surface area contributed by atoms with E-state index in [1.54, 1.807) is 6.92 Å². The van der Waals surface area contributed by atoms with Crippen molar-refractivity contribution in [2.24, 2.45) is 22.7 Å². The second-order valence-electron chi connectivity index (χ2n) is 5.44. The summed E-state index contributed by atoms with van der Waals surface area (Å²) in [5.41, 5.74) is 0.801. The molecular formula is C15H26N2O3. The summed E-state index contributed by atoms with van der Waals surface area (Å²) in [6.07, 6.45) is 2.88. The Labute approximate surface area is 121 Å². The Balaban J connectivity index is 2.91. The van der Waals surface area contributed by atoms with Crippen LogP contribution >= 0.6 is 0 Å². The molecule has 5 heteroatoms. The number of hydrogen-bond acceptors (Lipinski definition) is 5. The smallest absolute Gasteiger partial charge is 0.320 e. The van der Waals surface area contributed by atoms with E-state index in [9.17, 15) is 4.79 Å². The van der Waals surface area contributed by atoms with E-state index < -0.39 is 5.92 Å². The lowest BCUT2D eigenvalue weighted by Crippen LogP contribution is -2.35. The van der Waals surface area contributed by atoms with Gasteiger partial charge in [-0.05, 0) is 25.7 Å². The molecule has 20 heavy (non-hydrogen) atoms. The van der Waals surface area contributed by atoms with Crippen LogP contribution < -0.4 is 0 Å². The number of ether oxygens (including phenoxy) is 2. The average Bonchev–Trinajstić information content (AvgIpc) is 2.44. The van der Waals surface area contributed by atoms with Crippen molar-refractivity contribution in [2.45, 2.75) is 33.6 Å². The molecule has 5 nitrogen and oxygen atoms in total. The van der Waals surface area contributed by atoms with Crippen LogP contribution in [0.25, 0.3) is 0 Å². The quantitative estimate of drug-likeness (QED) is 0.575. The molecule has 0 aromatic rings. The lowest BCUT2D eigenvalue weighted by Gasteiger charge is -2.26. The van der Waals surface area contributed by atoms with Crippen LogP contribution in [0.4, 0.5) is 0 Å². The molecule has 1 rings (SSSR count). The number of rotatable bonds is 7. The van der Waals surface area contributed by atoms with E-state index in [1.165, 1.54) is 0 Å². The van der Waals surface area contributed by atoms with Crippen molar-refractivity contribution in [3.63, 3.8) is 0 Å². The van der Waals surface area contributed by atoms with Gasteiger partial charge in [0.25, 0.3) is 0 Å². The molecule has 1 heterocycles. The van der Waals surface area contributed by atoms with Crippen LogP contribution in [0, 0.1) is 23.2 Å². The van der Waals surface area contributed by atoms with Crippen LogP contribution in [0.15, 0.2) is 4.99 Å². The van der Waals surface area contributed by atoms with Crippen molar-refractivity contribution >= 4 is 17.9 Å². The minimum absolute atomic E-state index is 0.221. The fourth-order valence-electron chi connectivity index (χ4n) is 2.27. The lowest BCUT2D eigenvalue weighted by molar-refractivity contribution is -0.143. The van der Waals surface area contributed by atoms with Gasteiger partial charge in [0.1, 0.15) is 5.92 Å². The molecule has 0 aromatic heterocycles. The van der Waals surface area contributed by atoms with Gasteiger partial charge in [-0.3, -0.25) is 9.79 Å². The highest BCUT2D eigenvalue weighted by molar-refractivity contribution is 6.14. The Hall–Kier alpha value is -1.23. The van der Waals surface area contributed by atoms with E-state index in [4.69, 9.17) is 14.9 Å². The van der Waals surface area contributed by atoms with E-state index in [1.807, 2.05) is 0 Å². The summed E-state index contributed by atoms with van der Waals surface area (Å²) in [6.45, 7) is 8.35. The normalized spacial score (nSPS) is 18.9. The summed E-state index contributed by atoms with van der Waals surface area (Å²) in [4.78, 5) is 16.6. The van der Waals surface area contributed by atoms with Crippen LogP contribution in [0.3, 0.4) is 0 Å². The number of nitrogens with zero attached hydrogens (tertiary/aromatic N) is 1. The molecule has 1 N–H and O–H groups in total. The zero-order valence-electron chi connectivity index (χ0n) is 12.7. The SMILES string of the molecule is CCOC(=O)C(C=N)C(=NCC(C)C)C1CCOCC1. The molecule has 0 spiro atoms. The molecule has 114 valence electrons. The van der Waals surface area contributed by atoms with Crippen molar-refractivity contribution in [3.8, 4) is 0 Å². The van der Waals surface area contributed by atoms with Gasteiger partial charge in [-0.15, -0.1) is 0 Å². The molecule has 1 fully saturated rings.